The average Bonchev–Trinajstić information content (AvgIpc) is 2.81. The third-order valence-corrected chi connectivity index (χ3v) is 3.90. The number of nitrogens with one attached hydrogen (secondary N) is 1. The van der Waals surface area contributed by atoms with E-state index in [0.29, 0.717) is 12.0 Å². The second-order valence-electron chi connectivity index (χ2n) is 5.10. The first-order valence-electron chi connectivity index (χ1n) is 6.28. The van der Waals surface area contributed by atoms with Crippen LogP contribution in [0.15, 0.2) is 24.3 Å². The quantitative estimate of drug-likeness (QED) is 0.780. The number of hydrogen-bond donors (Lipinski definition) is 1. The van der Waals surface area contributed by atoms with Gasteiger partial charge in [-0.05, 0) is 43.2 Å². The summed E-state index contributed by atoms with van der Waals surface area (Å²) in [6, 6.07) is 9.33. The van der Waals surface area contributed by atoms with Crippen LogP contribution in [-0.2, 0) is 4.74 Å². The smallest absolute Gasteiger partial charge is 0.0500 e. The third-order valence-electron chi connectivity index (χ3n) is 3.90. The van der Waals surface area contributed by atoms with Crippen molar-refractivity contribution in [2.45, 2.75) is 31.7 Å². The predicted molar refractivity (Wildman–Crippen MR) is 65.8 cm³/mol. The van der Waals surface area contributed by atoms with Gasteiger partial charge in [0, 0.05) is 18.3 Å². The summed E-state index contributed by atoms with van der Waals surface area (Å²) in [5.74, 6) is 1.42. The molecule has 1 fully saturated rings. The molecule has 0 spiro atoms. The standard InChI is InChI=1S/C14H19NO/c1-10-8-13(11-6-7-16-9-11)12-4-2-3-5-14(12)15-10/h2-5,10-11,13,15H,6-9H2,1H3. The van der Waals surface area contributed by atoms with Crippen molar-refractivity contribution in [1.82, 2.24) is 0 Å². The molecule has 86 valence electrons. The maximum absolute atomic E-state index is 5.54. The van der Waals surface area contributed by atoms with Crippen LogP contribution in [0.3, 0.4) is 0 Å². The van der Waals surface area contributed by atoms with Crippen LogP contribution in [-0.4, -0.2) is 19.3 Å². The second kappa shape index (κ2) is 4.10. The molecule has 2 heterocycles. The van der Waals surface area contributed by atoms with E-state index in [1.54, 1.807) is 0 Å². The largest absolute Gasteiger partial charge is 0.382 e. The van der Waals surface area contributed by atoms with Crippen LogP contribution in [0, 0.1) is 5.92 Å². The van der Waals surface area contributed by atoms with Gasteiger partial charge in [0.2, 0.25) is 0 Å². The highest BCUT2D eigenvalue weighted by Crippen LogP contribution is 2.41. The van der Waals surface area contributed by atoms with Crippen LogP contribution in [0.5, 0.6) is 0 Å². The van der Waals surface area contributed by atoms with Gasteiger partial charge in [0.25, 0.3) is 0 Å². The van der Waals surface area contributed by atoms with Crippen molar-refractivity contribution in [2.24, 2.45) is 5.92 Å². The minimum atomic E-state index is 0.584. The fourth-order valence-electron chi connectivity index (χ4n) is 3.10. The molecule has 16 heavy (non-hydrogen) atoms. The van der Waals surface area contributed by atoms with E-state index in [0.717, 1.165) is 19.1 Å². The molecule has 2 nitrogen and oxygen atoms in total. The number of rotatable bonds is 1. The molecule has 1 saturated heterocycles. The first-order chi connectivity index (χ1) is 7.84. The molecule has 3 unspecified atom stereocenters. The number of ether oxygens (including phenoxy) is 1. The zero-order chi connectivity index (χ0) is 11.0. The monoisotopic (exact) mass is 217 g/mol. The lowest BCUT2D eigenvalue weighted by Crippen LogP contribution is -2.29. The number of anilines is 1. The van der Waals surface area contributed by atoms with Crippen molar-refractivity contribution in [2.75, 3.05) is 18.5 Å². The van der Waals surface area contributed by atoms with Gasteiger partial charge in [-0.25, -0.2) is 0 Å². The highest BCUT2D eigenvalue weighted by Gasteiger charge is 2.32. The molecular weight excluding hydrogens is 198 g/mol. The van der Waals surface area contributed by atoms with Crippen molar-refractivity contribution >= 4 is 5.69 Å². The fourth-order valence-corrected chi connectivity index (χ4v) is 3.10. The van der Waals surface area contributed by atoms with Gasteiger partial charge in [0.15, 0.2) is 0 Å². The molecular formula is C14H19NO. The van der Waals surface area contributed by atoms with Crippen molar-refractivity contribution in [3.63, 3.8) is 0 Å². The summed E-state index contributed by atoms with van der Waals surface area (Å²) >= 11 is 0. The Labute approximate surface area is 97.0 Å². The summed E-state index contributed by atoms with van der Waals surface area (Å²) in [5.41, 5.74) is 2.83. The molecule has 3 atom stereocenters. The SMILES string of the molecule is CC1CC(C2CCOC2)c2ccccc2N1. The van der Waals surface area contributed by atoms with Gasteiger partial charge in [-0.2, -0.15) is 0 Å². The molecule has 2 aliphatic rings. The molecule has 0 aromatic heterocycles. The van der Waals surface area contributed by atoms with Crippen LogP contribution in [0.1, 0.15) is 31.2 Å². The number of benzene rings is 1. The van der Waals surface area contributed by atoms with Gasteiger partial charge in [-0.3, -0.25) is 0 Å². The van der Waals surface area contributed by atoms with Crippen LogP contribution >= 0.6 is 0 Å². The minimum absolute atomic E-state index is 0.584. The molecule has 0 bridgehead atoms. The predicted octanol–water partition coefficient (Wildman–Crippen LogP) is 3.01. The summed E-state index contributed by atoms with van der Waals surface area (Å²) in [6.45, 7) is 4.18. The second-order valence-corrected chi connectivity index (χ2v) is 5.10. The first-order valence-corrected chi connectivity index (χ1v) is 6.28. The third kappa shape index (κ3) is 1.71. The van der Waals surface area contributed by atoms with E-state index < -0.39 is 0 Å². The van der Waals surface area contributed by atoms with E-state index in [9.17, 15) is 0 Å². The number of hydrogen-bond acceptors (Lipinski definition) is 2. The van der Waals surface area contributed by atoms with E-state index >= 15 is 0 Å². The maximum atomic E-state index is 5.54. The summed E-state index contributed by atoms with van der Waals surface area (Å²) in [6.07, 6.45) is 2.47. The summed E-state index contributed by atoms with van der Waals surface area (Å²) in [5, 5.41) is 3.57. The Morgan fingerprint density at radius 2 is 2.19 bits per heavy atom. The lowest BCUT2D eigenvalue weighted by Gasteiger charge is -2.34. The van der Waals surface area contributed by atoms with E-state index in [4.69, 9.17) is 4.74 Å². The van der Waals surface area contributed by atoms with Gasteiger partial charge in [-0.15, -0.1) is 0 Å². The van der Waals surface area contributed by atoms with Gasteiger partial charge < -0.3 is 10.1 Å². The van der Waals surface area contributed by atoms with Crippen LogP contribution in [0.2, 0.25) is 0 Å². The lowest BCUT2D eigenvalue weighted by atomic mass is 9.78. The van der Waals surface area contributed by atoms with Gasteiger partial charge >= 0.3 is 0 Å². The van der Waals surface area contributed by atoms with Crippen molar-refractivity contribution in [1.29, 1.82) is 0 Å². The Kier molecular flexibility index (Phi) is 2.60. The molecule has 1 aromatic rings. The van der Waals surface area contributed by atoms with Gasteiger partial charge in [0.1, 0.15) is 0 Å². The summed E-state index contributed by atoms with van der Waals surface area (Å²) in [7, 11) is 0. The molecule has 0 radical (unpaired) electrons. The van der Waals surface area contributed by atoms with Crippen LogP contribution < -0.4 is 5.32 Å². The van der Waals surface area contributed by atoms with E-state index in [-0.39, 0.29) is 0 Å². The van der Waals surface area contributed by atoms with Gasteiger partial charge in [-0.1, -0.05) is 18.2 Å². The molecule has 0 saturated carbocycles. The molecule has 1 N–H and O–H groups in total. The molecule has 0 amide bonds. The lowest BCUT2D eigenvalue weighted by molar-refractivity contribution is 0.178. The van der Waals surface area contributed by atoms with Gasteiger partial charge in [0.05, 0.1) is 6.61 Å². The van der Waals surface area contributed by atoms with Crippen LogP contribution in [0.25, 0.3) is 0 Å². The molecule has 2 heteroatoms. The van der Waals surface area contributed by atoms with Crippen molar-refractivity contribution in [3.8, 4) is 0 Å². The van der Waals surface area contributed by atoms with Crippen LogP contribution in [0.4, 0.5) is 5.69 Å². The Balaban J connectivity index is 1.93. The maximum Gasteiger partial charge on any atom is 0.0500 e. The van der Waals surface area contributed by atoms with E-state index in [2.05, 4.69) is 36.5 Å². The Hall–Kier alpha value is -1.02. The average molecular weight is 217 g/mol. The van der Waals surface area contributed by atoms with Crippen molar-refractivity contribution in [3.05, 3.63) is 29.8 Å². The highest BCUT2D eigenvalue weighted by molar-refractivity contribution is 5.55. The highest BCUT2D eigenvalue weighted by atomic mass is 16.5. The number of para-hydroxylation sites is 1. The zero-order valence-electron chi connectivity index (χ0n) is 9.78. The molecule has 3 rings (SSSR count). The Morgan fingerprint density at radius 3 is 3.00 bits per heavy atom. The summed E-state index contributed by atoms with van der Waals surface area (Å²) in [4.78, 5) is 0. The fraction of sp³-hybridized carbons (Fsp3) is 0.571. The molecule has 1 aromatic carbocycles. The topological polar surface area (TPSA) is 21.3 Å². The number of fused-ring (bicyclic) bond motifs is 1. The van der Waals surface area contributed by atoms with E-state index in [1.165, 1.54) is 24.1 Å². The first kappa shape index (κ1) is 10.2. The van der Waals surface area contributed by atoms with E-state index in [1.807, 2.05) is 0 Å². The zero-order valence-corrected chi connectivity index (χ0v) is 9.78. The minimum Gasteiger partial charge on any atom is -0.382 e. The summed E-state index contributed by atoms with van der Waals surface area (Å²) < 4.78 is 5.54. The normalized spacial score (nSPS) is 33.2. The van der Waals surface area contributed by atoms with Crippen molar-refractivity contribution < 1.29 is 4.74 Å². The molecule has 2 aliphatic heterocycles. The Bertz CT molecular complexity index is 371. The Morgan fingerprint density at radius 1 is 1.31 bits per heavy atom. The molecule has 0 aliphatic carbocycles.